The lowest BCUT2D eigenvalue weighted by molar-refractivity contribution is 0.304. The first-order chi connectivity index (χ1) is 15.5. The van der Waals surface area contributed by atoms with E-state index in [0.717, 1.165) is 37.4 Å². The van der Waals surface area contributed by atoms with E-state index in [1.54, 1.807) is 0 Å². The second-order valence-electron chi connectivity index (χ2n) is 15.6. The maximum Gasteiger partial charge on any atom is 0.383 e. The molecule has 0 aliphatic rings. The third-order valence-corrected chi connectivity index (χ3v) is 6.36. The molecule has 2 aromatic rings. The highest BCUT2D eigenvalue weighted by molar-refractivity contribution is 5.13. The van der Waals surface area contributed by atoms with Crippen LogP contribution in [0.5, 0.6) is 0 Å². The number of hydrogen-bond acceptors (Lipinski definition) is 0. The maximum atomic E-state index is 5.59. The molecule has 0 amide bonds. The third-order valence-electron chi connectivity index (χ3n) is 6.36. The van der Waals surface area contributed by atoms with Crippen molar-refractivity contribution < 1.29 is 0 Å². The van der Waals surface area contributed by atoms with Gasteiger partial charge in [-0.3, -0.25) is 18.3 Å². The van der Waals surface area contributed by atoms with Crippen molar-refractivity contribution in [1.82, 2.24) is 22.9 Å². The van der Waals surface area contributed by atoms with Crippen LogP contribution in [-0.4, -0.2) is 18.3 Å². The van der Waals surface area contributed by atoms with E-state index in [9.17, 15) is 0 Å². The van der Waals surface area contributed by atoms with Crippen LogP contribution in [0.4, 0.5) is 0 Å². The van der Waals surface area contributed by atoms with E-state index in [2.05, 4.69) is 129 Å². The minimum absolute atomic E-state index is 0.153. The number of aromatic nitrogens is 4. The van der Waals surface area contributed by atoms with Gasteiger partial charge in [-0.1, -0.05) is 83.1 Å². The molecule has 35 heavy (non-hydrogen) atoms. The Morgan fingerprint density at radius 1 is 0.400 bits per heavy atom. The van der Waals surface area contributed by atoms with Gasteiger partial charge in [0.2, 0.25) is 0 Å². The Kier molecular flexibility index (Phi) is 8.00. The number of imidazole rings is 2. The molecule has 2 aromatic heterocycles. The van der Waals surface area contributed by atoms with E-state index < -0.39 is 0 Å². The summed E-state index contributed by atoms with van der Waals surface area (Å²) < 4.78 is 15.4. The lowest BCUT2D eigenvalue weighted by Crippen LogP contribution is -2.42. The minimum atomic E-state index is 0.153. The molecule has 0 spiro atoms. The van der Waals surface area contributed by atoms with E-state index in [0.29, 0.717) is 0 Å². The summed E-state index contributed by atoms with van der Waals surface area (Å²) in [5.41, 5.74) is 8.00. The molecule has 0 radical (unpaired) electrons. The van der Waals surface area contributed by atoms with Crippen molar-refractivity contribution >= 4 is 0 Å². The molecular formula is C30H56N5+. The molecule has 5 nitrogen and oxygen atoms in total. The molecule has 0 saturated heterocycles. The van der Waals surface area contributed by atoms with Gasteiger partial charge in [-0.15, -0.1) is 0 Å². The van der Waals surface area contributed by atoms with Gasteiger partial charge in [0.25, 0.3) is 0 Å². The summed E-state index contributed by atoms with van der Waals surface area (Å²) in [7, 11) is 0. The van der Waals surface area contributed by atoms with Crippen LogP contribution in [0.2, 0.25) is 0 Å². The van der Waals surface area contributed by atoms with Crippen LogP contribution in [-0.2, 0) is 26.2 Å². The highest BCUT2D eigenvalue weighted by Gasteiger charge is 2.28. The topological polar surface area (TPSA) is 33.8 Å². The lowest BCUT2D eigenvalue weighted by atomic mass is 9.97. The summed E-state index contributed by atoms with van der Waals surface area (Å²) in [4.78, 5) is 0. The van der Waals surface area contributed by atoms with Crippen LogP contribution in [0, 0.1) is 49.4 Å². The molecule has 0 aromatic carbocycles. The average molecular weight is 487 g/mol. The van der Waals surface area contributed by atoms with Gasteiger partial charge >= 0.3 is 11.2 Å². The zero-order valence-electron chi connectivity index (χ0n) is 26.1. The molecule has 0 bridgehead atoms. The first-order valence-electron chi connectivity index (χ1n) is 13.4. The van der Waals surface area contributed by atoms with Crippen LogP contribution in [0.15, 0.2) is 0 Å². The quantitative estimate of drug-likeness (QED) is 0.484. The molecule has 2 rings (SSSR count). The Hall–Kier alpha value is -1.87. The monoisotopic (exact) mass is 486 g/mol. The fraction of sp³-hybridized carbons (Fsp3) is 0.800. The van der Waals surface area contributed by atoms with Gasteiger partial charge in [0.1, 0.15) is 0 Å². The standard InChI is InChI=1S/C30H56N5/c1-21-22(2)33(18-28(8,9)10)25(32(21)17-27(5,6)7)31-26-34(19-29(11,12)13)23(3)24(4)35(26)20-30(14,15)16/h17-20H2,1-16H3/q+1. The first-order valence-corrected chi connectivity index (χ1v) is 13.4. The molecule has 0 N–H and O–H groups in total. The van der Waals surface area contributed by atoms with Crippen molar-refractivity contribution in [2.24, 2.45) is 21.7 Å². The highest BCUT2D eigenvalue weighted by Crippen LogP contribution is 2.22. The Balaban J connectivity index is 3.24. The molecule has 2 heterocycles. The minimum Gasteiger partial charge on any atom is -0.252 e. The van der Waals surface area contributed by atoms with E-state index in [1.807, 2.05) is 0 Å². The zero-order chi connectivity index (χ0) is 27.3. The van der Waals surface area contributed by atoms with Gasteiger partial charge < -0.3 is 0 Å². The fourth-order valence-electron chi connectivity index (χ4n) is 4.66. The summed E-state index contributed by atoms with van der Waals surface area (Å²) >= 11 is 0. The molecule has 0 unspecified atom stereocenters. The van der Waals surface area contributed by atoms with Crippen LogP contribution < -0.4 is 15.9 Å². The highest BCUT2D eigenvalue weighted by atomic mass is 15.3. The first kappa shape index (κ1) is 29.4. The summed E-state index contributed by atoms with van der Waals surface area (Å²) in [6.45, 7) is 40.6. The fourth-order valence-corrected chi connectivity index (χ4v) is 4.66. The number of rotatable bonds is 4. The molecule has 0 atom stereocenters. The van der Waals surface area contributed by atoms with Crippen LogP contribution in [0.1, 0.15) is 106 Å². The van der Waals surface area contributed by atoms with E-state index >= 15 is 0 Å². The maximum absolute atomic E-state index is 5.59. The molecule has 5 heteroatoms. The van der Waals surface area contributed by atoms with Crippen LogP contribution in [0.3, 0.4) is 0 Å². The lowest BCUT2D eigenvalue weighted by Gasteiger charge is -2.19. The van der Waals surface area contributed by atoms with Gasteiger partial charge in [-0.25, -0.2) is 4.67 Å². The summed E-state index contributed by atoms with van der Waals surface area (Å²) in [5.74, 6) is 0. The second-order valence-corrected chi connectivity index (χ2v) is 15.6. The Morgan fingerprint density at radius 2 is 0.571 bits per heavy atom. The van der Waals surface area contributed by atoms with Gasteiger partial charge in [0, 0.05) is 0 Å². The molecule has 200 valence electrons. The SMILES string of the molecule is Cc1c(C)n(CC(C)(C)C)c(=[N+]=c2n(CC(C)(C)C)c(C)c(C)n2CC(C)(C)C)n1CC(C)(C)C. The van der Waals surface area contributed by atoms with Crippen molar-refractivity contribution in [3.63, 3.8) is 0 Å². The van der Waals surface area contributed by atoms with Crippen molar-refractivity contribution in [2.45, 2.75) is 137 Å². The smallest absolute Gasteiger partial charge is 0.252 e. The average Bonchev–Trinajstić information content (AvgIpc) is 2.93. The van der Waals surface area contributed by atoms with Gasteiger partial charge in [-0.2, -0.15) is 0 Å². The van der Waals surface area contributed by atoms with E-state index in [4.69, 9.17) is 4.67 Å². The predicted molar refractivity (Wildman–Crippen MR) is 150 cm³/mol. The third kappa shape index (κ3) is 7.56. The van der Waals surface area contributed by atoms with Gasteiger partial charge in [0.05, 0.1) is 49.0 Å². The summed E-state index contributed by atoms with van der Waals surface area (Å²) in [6.07, 6.45) is 0. The predicted octanol–water partition coefficient (Wildman–Crippen LogP) is 5.88. The normalized spacial score (nSPS) is 13.5. The number of nitrogens with zero attached hydrogens (tertiary/aromatic N) is 5. The Morgan fingerprint density at radius 3 is 0.714 bits per heavy atom. The van der Waals surface area contributed by atoms with Gasteiger partial charge in [0.15, 0.2) is 0 Å². The summed E-state index contributed by atoms with van der Waals surface area (Å²) in [6, 6.07) is 0. The number of hydrogen-bond donors (Lipinski definition) is 0. The van der Waals surface area contributed by atoms with Gasteiger partial charge in [-0.05, 0) is 49.4 Å². The Labute approximate surface area is 215 Å². The molecule has 0 aliphatic carbocycles. The molecule has 0 aliphatic heterocycles. The van der Waals surface area contributed by atoms with Crippen molar-refractivity contribution in [2.75, 3.05) is 0 Å². The summed E-state index contributed by atoms with van der Waals surface area (Å²) in [5, 5.41) is 0. The molecule has 0 saturated carbocycles. The van der Waals surface area contributed by atoms with Crippen molar-refractivity contribution in [3.8, 4) is 0 Å². The van der Waals surface area contributed by atoms with Crippen LogP contribution in [0.25, 0.3) is 0 Å². The van der Waals surface area contributed by atoms with E-state index in [1.165, 1.54) is 22.8 Å². The largest absolute Gasteiger partial charge is 0.383 e. The van der Waals surface area contributed by atoms with E-state index in [-0.39, 0.29) is 21.7 Å². The van der Waals surface area contributed by atoms with Crippen LogP contribution >= 0.6 is 0 Å². The second kappa shape index (κ2) is 9.54. The zero-order valence-corrected chi connectivity index (χ0v) is 26.1. The Bertz CT molecular complexity index is 1010. The molecule has 0 fully saturated rings. The van der Waals surface area contributed by atoms with Crippen molar-refractivity contribution in [1.29, 1.82) is 0 Å². The van der Waals surface area contributed by atoms with Crippen molar-refractivity contribution in [3.05, 3.63) is 34.0 Å². The molecular weight excluding hydrogens is 430 g/mol.